The predicted octanol–water partition coefficient (Wildman–Crippen LogP) is 1.60. The van der Waals surface area contributed by atoms with Crippen LogP contribution in [0.4, 0.5) is 0 Å². The molecule has 14 heavy (non-hydrogen) atoms. The molecule has 1 saturated carbocycles. The molecule has 0 aromatic heterocycles. The molecule has 80 valence electrons. The highest BCUT2D eigenvalue weighted by molar-refractivity contribution is 5.73. The second-order valence-corrected chi connectivity index (χ2v) is 4.22. The molecular formula is C10H16O4. The van der Waals surface area contributed by atoms with Gasteiger partial charge in [-0.25, -0.2) is 0 Å². The Balaban J connectivity index is 2.62. The topological polar surface area (TPSA) is 74.6 Å². The number of hydrogen-bond donors (Lipinski definition) is 2. The van der Waals surface area contributed by atoms with Crippen molar-refractivity contribution in [2.75, 3.05) is 0 Å². The van der Waals surface area contributed by atoms with Gasteiger partial charge in [0.25, 0.3) is 0 Å². The average molecular weight is 200 g/mol. The van der Waals surface area contributed by atoms with E-state index in [-0.39, 0.29) is 12.3 Å². The van der Waals surface area contributed by atoms with Crippen molar-refractivity contribution in [3.63, 3.8) is 0 Å². The fraction of sp³-hybridized carbons (Fsp3) is 0.800. The number of rotatable bonds is 3. The summed E-state index contributed by atoms with van der Waals surface area (Å²) in [6.45, 7) is 2.02. The fourth-order valence-corrected chi connectivity index (χ4v) is 2.21. The van der Waals surface area contributed by atoms with Gasteiger partial charge in [-0.15, -0.1) is 0 Å². The van der Waals surface area contributed by atoms with Crippen LogP contribution in [0.15, 0.2) is 0 Å². The van der Waals surface area contributed by atoms with Crippen molar-refractivity contribution in [1.29, 1.82) is 0 Å². The van der Waals surface area contributed by atoms with Crippen LogP contribution in [0.5, 0.6) is 0 Å². The molecule has 1 rings (SSSR count). The van der Waals surface area contributed by atoms with Gasteiger partial charge in [0.05, 0.1) is 5.92 Å². The summed E-state index contributed by atoms with van der Waals surface area (Å²) in [4.78, 5) is 21.4. The van der Waals surface area contributed by atoms with Gasteiger partial charge in [-0.3, -0.25) is 9.59 Å². The van der Waals surface area contributed by atoms with Crippen molar-refractivity contribution in [2.24, 2.45) is 17.8 Å². The van der Waals surface area contributed by atoms with Gasteiger partial charge in [0, 0.05) is 6.42 Å². The highest BCUT2D eigenvalue weighted by Crippen LogP contribution is 2.35. The number of carbonyl (C=O) groups is 2. The third-order valence-corrected chi connectivity index (χ3v) is 3.01. The summed E-state index contributed by atoms with van der Waals surface area (Å²) in [5.74, 6) is -1.98. The molecule has 4 heteroatoms. The number of carboxylic acid groups (broad SMARTS) is 2. The average Bonchev–Trinajstić information content (AvgIpc) is 2.07. The Morgan fingerprint density at radius 3 is 2.43 bits per heavy atom. The maximum absolute atomic E-state index is 10.9. The van der Waals surface area contributed by atoms with E-state index in [9.17, 15) is 9.59 Å². The van der Waals surface area contributed by atoms with Crippen molar-refractivity contribution in [3.05, 3.63) is 0 Å². The second kappa shape index (κ2) is 4.44. The number of carboxylic acids is 2. The lowest BCUT2D eigenvalue weighted by Crippen LogP contribution is -2.31. The zero-order chi connectivity index (χ0) is 10.7. The minimum absolute atomic E-state index is 0.0102. The minimum Gasteiger partial charge on any atom is -0.481 e. The summed E-state index contributed by atoms with van der Waals surface area (Å²) in [6.07, 6.45) is 2.28. The molecule has 0 amide bonds. The molecule has 4 nitrogen and oxygen atoms in total. The van der Waals surface area contributed by atoms with E-state index in [1.165, 1.54) is 0 Å². The lowest BCUT2D eigenvalue weighted by Gasteiger charge is -2.31. The first kappa shape index (κ1) is 11.0. The lowest BCUT2D eigenvalue weighted by molar-refractivity contribution is -0.147. The molecule has 0 aliphatic heterocycles. The van der Waals surface area contributed by atoms with Crippen LogP contribution in [-0.2, 0) is 9.59 Å². The van der Waals surface area contributed by atoms with E-state index in [1.807, 2.05) is 6.92 Å². The van der Waals surface area contributed by atoms with Crippen molar-refractivity contribution in [2.45, 2.75) is 32.6 Å². The molecule has 3 unspecified atom stereocenters. The molecule has 0 heterocycles. The molecule has 0 aromatic rings. The molecular weight excluding hydrogens is 184 g/mol. The monoisotopic (exact) mass is 200 g/mol. The highest BCUT2D eigenvalue weighted by atomic mass is 16.4. The quantitative estimate of drug-likeness (QED) is 0.725. The first-order valence-corrected chi connectivity index (χ1v) is 4.95. The summed E-state index contributed by atoms with van der Waals surface area (Å²) in [5.41, 5.74) is 0. The van der Waals surface area contributed by atoms with Crippen molar-refractivity contribution >= 4 is 11.9 Å². The molecule has 0 radical (unpaired) electrons. The molecule has 1 fully saturated rings. The van der Waals surface area contributed by atoms with E-state index in [4.69, 9.17) is 10.2 Å². The third kappa shape index (κ3) is 2.72. The van der Waals surface area contributed by atoms with Gasteiger partial charge >= 0.3 is 11.9 Å². The molecule has 0 saturated heterocycles. The van der Waals surface area contributed by atoms with Crippen LogP contribution < -0.4 is 0 Å². The summed E-state index contributed by atoms with van der Waals surface area (Å²) >= 11 is 0. The Bertz CT molecular complexity index is 236. The summed E-state index contributed by atoms with van der Waals surface area (Å²) in [5, 5.41) is 17.6. The molecule has 1 aliphatic rings. The van der Waals surface area contributed by atoms with Crippen LogP contribution in [0.2, 0.25) is 0 Å². The van der Waals surface area contributed by atoms with Gasteiger partial charge in [0.15, 0.2) is 0 Å². The molecule has 2 N–H and O–H groups in total. The minimum atomic E-state index is -0.893. The highest BCUT2D eigenvalue weighted by Gasteiger charge is 2.34. The Hall–Kier alpha value is -1.06. The maximum Gasteiger partial charge on any atom is 0.306 e. The standard InChI is InChI=1S/C10H16O4/c1-6-2-3-7(5-9(11)12)8(4-6)10(13)14/h6-8H,2-5H2,1H3,(H,11,12)(H,13,14). The molecule has 1 aliphatic carbocycles. The Morgan fingerprint density at radius 1 is 1.29 bits per heavy atom. The first-order valence-electron chi connectivity index (χ1n) is 4.95. The maximum atomic E-state index is 10.9. The Kier molecular flexibility index (Phi) is 3.49. The van der Waals surface area contributed by atoms with Gasteiger partial charge in [0.1, 0.15) is 0 Å². The van der Waals surface area contributed by atoms with E-state index in [1.54, 1.807) is 0 Å². The van der Waals surface area contributed by atoms with Gasteiger partial charge in [-0.1, -0.05) is 13.3 Å². The van der Waals surface area contributed by atoms with Gasteiger partial charge in [-0.2, -0.15) is 0 Å². The fourth-order valence-electron chi connectivity index (χ4n) is 2.21. The number of hydrogen-bond acceptors (Lipinski definition) is 2. The van der Waals surface area contributed by atoms with Crippen molar-refractivity contribution < 1.29 is 19.8 Å². The SMILES string of the molecule is CC1CCC(CC(=O)O)C(C(=O)O)C1. The van der Waals surface area contributed by atoms with Crippen LogP contribution in [0, 0.1) is 17.8 Å². The Labute approximate surface area is 82.9 Å². The number of aliphatic carboxylic acids is 2. The third-order valence-electron chi connectivity index (χ3n) is 3.01. The van der Waals surface area contributed by atoms with Crippen LogP contribution >= 0.6 is 0 Å². The van der Waals surface area contributed by atoms with Crippen molar-refractivity contribution in [3.8, 4) is 0 Å². The zero-order valence-corrected chi connectivity index (χ0v) is 8.27. The lowest BCUT2D eigenvalue weighted by atomic mass is 9.73. The van der Waals surface area contributed by atoms with Crippen molar-refractivity contribution in [1.82, 2.24) is 0 Å². The smallest absolute Gasteiger partial charge is 0.306 e. The van der Waals surface area contributed by atoms with Gasteiger partial charge < -0.3 is 10.2 Å². The van der Waals surface area contributed by atoms with Gasteiger partial charge in [-0.05, 0) is 24.7 Å². The normalized spacial score (nSPS) is 32.5. The molecule has 0 spiro atoms. The van der Waals surface area contributed by atoms with E-state index in [2.05, 4.69) is 0 Å². The second-order valence-electron chi connectivity index (χ2n) is 4.22. The summed E-state index contributed by atoms with van der Waals surface area (Å²) in [7, 11) is 0. The largest absolute Gasteiger partial charge is 0.481 e. The van der Waals surface area contributed by atoms with E-state index >= 15 is 0 Å². The zero-order valence-electron chi connectivity index (χ0n) is 8.27. The van der Waals surface area contributed by atoms with Crippen LogP contribution in [0.25, 0.3) is 0 Å². The van der Waals surface area contributed by atoms with E-state index < -0.39 is 17.9 Å². The van der Waals surface area contributed by atoms with Crippen LogP contribution in [0.1, 0.15) is 32.6 Å². The van der Waals surface area contributed by atoms with Crippen LogP contribution in [0.3, 0.4) is 0 Å². The molecule has 0 aromatic carbocycles. The van der Waals surface area contributed by atoms with E-state index in [0.29, 0.717) is 12.3 Å². The first-order chi connectivity index (χ1) is 6.50. The van der Waals surface area contributed by atoms with Gasteiger partial charge in [0.2, 0.25) is 0 Å². The predicted molar refractivity (Wildman–Crippen MR) is 49.9 cm³/mol. The van der Waals surface area contributed by atoms with Crippen LogP contribution in [-0.4, -0.2) is 22.2 Å². The summed E-state index contributed by atoms with van der Waals surface area (Å²) in [6, 6.07) is 0. The summed E-state index contributed by atoms with van der Waals surface area (Å²) < 4.78 is 0. The molecule has 3 atom stereocenters. The van der Waals surface area contributed by atoms with E-state index in [0.717, 1.165) is 12.8 Å². The Morgan fingerprint density at radius 2 is 1.93 bits per heavy atom. The molecule has 0 bridgehead atoms.